The Bertz CT molecular complexity index is 879. The number of hydrogen-bond acceptors (Lipinski definition) is 7. The van der Waals surface area contributed by atoms with Crippen LogP contribution in [0.2, 0.25) is 0 Å². The molecule has 0 saturated heterocycles. The SMILES string of the molecule is COCC(O)COc1ccc(OCCS(C)(C)OS(=O)(=O)c2ccc(C)cc2)cc1. The first-order valence-corrected chi connectivity index (χ1v) is 13.3. The summed E-state index contributed by atoms with van der Waals surface area (Å²) in [5.41, 5.74) is 0.983. The zero-order valence-corrected chi connectivity index (χ0v) is 19.4. The molecule has 2 aromatic rings. The van der Waals surface area contributed by atoms with Gasteiger partial charge in [0.25, 0.3) is 0 Å². The zero-order chi connectivity index (χ0) is 22.2. The summed E-state index contributed by atoms with van der Waals surface area (Å²) in [6.45, 7) is 2.56. The summed E-state index contributed by atoms with van der Waals surface area (Å²) >= 11 is 0. The predicted molar refractivity (Wildman–Crippen MR) is 119 cm³/mol. The van der Waals surface area contributed by atoms with Crippen LogP contribution in [0.15, 0.2) is 53.4 Å². The Labute approximate surface area is 180 Å². The minimum atomic E-state index is -3.82. The molecule has 0 aromatic heterocycles. The molecular formula is C21H30O7S2. The number of hydrogen-bond donors (Lipinski definition) is 1. The molecule has 0 fully saturated rings. The van der Waals surface area contributed by atoms with E-state index in [1.807, 2.05) is 6.92 Å². The molecule has 0 heterocycles. The third-order valence-corrected chi connectivity index (χ3v) is 8.24. The third kappa shape index (κ3) is 8.16. The summed E-state index contributed by atoms with van der Waals surface area (Å²) in [4.78, 5) is 0.154. The van der Waals surface area contributed by atoms with Crippen molar-refractivity contribution < 1.29 is 31.4 Å². The van der Waals surface area contributed by atoms with Gasteiger partial charge in [-0.25, -0.2) is 3.63 Å². The minimum absolute atomic E-state index is 0.137. The molecule has 0 amide bonds. The Morgan fingerprint density at radius 1 is 0.900 bits per heavy atom. The fraction of sp³-hybridized carbons (Fsp3) is 0.429. The fourth-order valence-electron chi connectivity index (χ4n) is 2.45. The van der Waals surface area contributed by atoms with Crippen LogP contribution in [0.5, 0.6) is 11.5 Å². The summed E-state index contributed by atoms with van der Waals surface area (Å²) in [6.07, 6.45) is 2.90. The third-order valence-electron chi connectivity index (χ3n) is 4.05. The van der Waals surface area contributed by atoms with Crippen molar-refractivity contribution in [3.63, 3.8) is 0 Å². The monoisotopic (exact) mass is 458 g/mol. The maximum absolute atomic E-state index is 12.5. The van der Waals surface area contributed by atoms with Crippen molar-refractivity contribution in [3.8, 4) is 11.5 Å². The smallest absolute Gasteiger partial charge is 0.306 e. The lowest BCUT2D eigenvalue weighted by Gasteiger charge is -2.29. The second-order valence-electron chi connectivity index (χ2n) is 7.22. The van der Waals surface area contributed by atoms with Crippen LogP contribution in [0, 0.1) is 6.92 Å². The summed E-state index contributed by atoms with van der Waals surface area (Å²) < 4.78 is 46.5. The summed E-state index contributed by atoms with van der Waals surface area (Å²) in [6, 6.07) is 13.6. The van der Waals surface area contributed by atoms with Crippen molar-refractivity contribution in [2.24, 2.45) is 0 Å². The van der Waals surface area contributed by atoms with E-state index in [0.717, 1.165) is 5.56 Å². The van der Waals surface area contributed by atoms with E-state index in [2.05, 4.69) is 0 Å². The van der Waals surface area contributed by atoms with Gasteiger partial charge in [0.1, 0.15) is 24.2 Å². The van der Waals surface area contributed by atoms with Gasteiger partial charge in [-0.05, 0) is 55.8 Å². The van der Waals surface area contributed by atoms with Crippen molar-refractivity contribution in [3.05, 3.63) is 54.1 Å². The highest BCUT2D eigenvalue weighted by molar-refractivity contribution is 8.32. The number of methoxy groups -OCH3 is 1. The van der Waals surface area contributed by atoms with Gasteiger partial charge >= 0.3 is 10.1 Å². The zero-order valence-electron chi connectivity index (χ0n) is 17.7. The van der Waals surface area contributed by atoms with Crippen LogP contribution in [0.4, 0.5) is 0 Å². The lowest BCUT2D eigenvalue weighted by atomic mass is 10.2. The molecule has 9 heteroatoms. The lowest BCUT2D eigenvalue weighted by molar-refractivity contribution is 0.0325. The maximum Gasteiger partial charge on any atom is 0.306 e. The number of aryl methyl sites for hydroxylation is 1. The Morgan fingerprint density at radius 2 is 1.47 bits per heavy atom. The Hall–Kier alpha value is -1.78. The molecule has 2 rings (SSSR count). The van der Waals surface area contributed by atoms with E-state index in [4.69, 9.17) is 17.8 Å². The maximum atomic E-state index is 12.5. The molecule has 30 heavy (non-hydrogen) atoms. The van der Waals surface area contributed by atoms with Gasteiger partial charge in [0.15, 0.2) is 0 Å². The predicted octanol–water partition coefficient (Wildman–Crippen LogP) is 3.14. The van der Waals surface area contributed by atoms with Gasteiger partial charge in [0.05, 0.1) is 18.1 Å². The Balaban J connectivity index is 1.82. The molecule has 0 bridgehead atoms. The van der Waals surface area contributed by atoms with Gasteiger partial charge in [0, 0.05) is 12.9 Å². The van der Waals surface area contributed by atoms with Crippen molar-refractivity contribution in [1.82, 2.24) is 0 Å². The van der Waals surface area contributed by atoms with E-state index in [9.17, 15) is 13.5 Å². The van der Waals surface area contributed by atoms with Gasteiger partial charge in [-0.2, -0.15) is 8.42 Å². The topological polar surface area (TPSA) is 91.3 Å². The van der Waals surface area contributed by atoms with Crippen LogP contribution in [0.3, 0.4) is 0 Å². The van der Waals surface area contributed by atoms with Crippen LogP contribution in [-0.2, 0) is 18.5 Å². The van der Waals surface area contributed by atoms with Gasteiger partial charge in [-0.15, -0.1) is 10.3 Å². The van der Waals surface area contributed by atoms with E-state index in [0.29, 0.717) is 23.9 Å². The lowest BCUT2D eigenvalue weighted by Crippen LogP contribution is -2.22. The molecule has 1 N–H and O–H groups in total. The van der Waals surface area contributed by atoms with Gasteiger partial charge in [-0.3, -0.25) is 0 Å². The molecule has 1 unspecified atom stereocenters. The van der Waals surface area contributed by atoms with Gasteiger partial charge < -0.3 is 19.3 Å². The molecule has 0 aliphatic heterocycles. The van der Waals surface area contributed by atoms with Crippen LogP contribution < -0.4 is 9.47 Å². The van der Waals surface area contributed by atoms with Gasteiger partial charge in [-0.1, -0.05) is 17.7 Å². The van der Waals surface area contributed by atoms with Crippen molar-refractivity contribution in [2.75, 3.05) is 45.2 Å². The van der Waals surface area contributed by atoms with Gasteiger partial charge in [0.2, 0.25) is 0 Å². The molecule has 1 atom stereocenters. The van der Waals surface area contributed by atoms with E-state index in [1.165, 1.54) is 7.11 Å². The molecule has 0 spiro atoms. The fourth-order valence-corrected chi connectivity index (χ4v) is 5.93. The first-order valence-electron chi connectivity index (χ1n) is 9.38. The normalized spacial score (nSPS) is 13.6. The number of aliphatic hydroxyl groups excluding tert-OH is 1. The highest BCUT2D eigenvalue weighted by Gasteiger charge is 2.24. The van der Waals surface area contributed by atoms with E-state index in [-0.39, 0.29) is 18.1 Å². The largest absolute Gasteiger partial charge is 0.493 e. The number of benzene rings is 2. The number of ether oxygens (including phenoxy) is 3. The standard InChI is InChI=1S/C21H30O7S2/c1-17-5-11-21(12-6-17)30(23,24)28-29(3,4)14-13-26-19-7-9-20(10-8-19)27-16-18(22)15-25-2/h5-12,18,22H,13-16H2,1-4H3. The molecule has 0 aliphatic carbocycles. The summed E-state index contributed by atoms with van der Waals surface area (Å²) in [5, 5.41) is 9.60. The number of aliphatic hydroxyl groups is 1. The first-order chi connectivity index (χ1) is 14.1. The first kappa shape index (κ1) is 24.5. The van der Waals surface area contributed by atoms with E-state index >= 15 is 0 Å². The molecule has 2 aromatic carbocycles. The Kier molecular flexibility index (Phi) is 8.99. The van der Waals surface area contributed by atoms with E-state index in [1.54, 1.807) is 61.0 Å². The van der Waals surface area contributed by atoms with Crippen molar-refractivity contribution >= 4 is 20.4 Å². The Morgan fingerprint density at radius 3 is 2.03 bits per heavy atom. The van der Waals surface area contributed by atoms with E-state index < -0.39 is 26.5 Å². The summed E-state index contributed by atoms with van der Waals surface area (Å²) in [7, 11) is -4.18. The van der Waals surface area contributed by atoms with Crippen LogP contribution in [0.1, 0.15) is 5.56 Å². The van der Waals surface area contributed by atoms with Crippen LogP contribution in [0.25, 0.3) is 0 Å². The van der Waals surface area contributed by atoms with Crippen molar-refractivity contribution in [2.45, 2.75) is 17.9 Å². The van der Waals surface area contributed by atoms with Crippen LogP contribution in [-0.4, -0.2) is 64.8 Å². The number of rotatable bonds is 12. The average molecular weight is 459 g/mol. The average Bonchev–Trinajstić information content (AvgIpc) is 2.67. The molecule has 168 valence electrons. The van der Waals surface area contributed by atoms with Crippen molar-refractivity contribution in [1.29, 1.82) is 0 Å². The minimum Gasteiger partial charge on any atom is -0.493 e. The quantitative estimate of drug-likeness (QED) is 0.522. The summed E-state index contributed by atoms with van der Waals surface area (Å²) in [5.74, 6) is 1.70. The molecule has 7 nitrogen and oxygen atoms in total. The highest BCUT2D eigenvalue weighted by Crippen LogP contribution is 2.44. The molecular weight excluding hydrogens is 428 g/mol. The molecule has 0 saturated carbocycles. The molecule has 0 radical (unpaired) electrons. The molecule has 0 aliphatic rings. The van der Waals surface area contributed by atoms with Crippen LogP contribution >= 0.6 is 10.3 Å². The second-order valence-corrected chi connectivity index (χ2v) is 12.4. The second kappa shape index (κ2) is 11.0. The highest BCUT2D eigenvalue weighted by atomic mass is 32.3.